The first-order valence-electron chi connectivity index (χ1n) is 5.23. The highest BCUT2D eigenvalue weighted by molar-refractivity contribution is 7.86. The zero-order valence-electron chi connectivity index (χ0n) is 10.3. The predicted octanol–water partition coefficient (Wildman–Crippen LogP) is 1.07. The molecule has 0 amide bonds. The fourth-order valence-electron chi connectivity index (χ4n) is 1.35. The van der Waals surface area contributed by atoms with Crippen LogP contribution in [0.1, 0.15) is 5.56 Å². The Labute approximate surface area is 107 Å². The Hall–Kier alpha value is -1.42. The standard InChI is InChI=1S/C12H15FN2O2S/c1-4-9-15(18(16,17)14(2)3)10-11-5-7-12(13)8-6-11/h1,5-8H,9-10H2,2-3H3. The molecule has 0 heterocycles. The first kappa shape index (κ1) is 14.6. The van der Waals surface area contributed by atoms with Crippen LogP contribution in [0.25, 0.3) is 0 Å². The number of benzene rings is 1. The van der Waals surface area contributed by atoms with E-state index in [1.165, 1.54) is 38.4 Å². The van der Waals surface area contributed by atoms with Gasteiger partial charge in [-0.15, -0.1) is 6.42 Å². The second-order valence-electron chi connectivity index (χ2n) is 3.89. The monoisotopic (exact) mass is 270 g/mol. The molecular formula is C12H15FN2O2S. The fourth-order valence-corrected chi connectivity index (χ4v) is 2.36. The summed E-state index contributed by atoms with van der Waals surface area (Å²) in [5.74, 6) is 1.94. The molecule has 0 aliphatic rings. The molecule has 0 fully saturated rings. The van der Waals surface area contributed by atoms with Crippen LogP contribution in [0.3, 0.4) is 0 Å². The maximum atomic E-state index is 12.8. The lowest BCUT2D eigenvalue weighted by Gasteiger charge is -2.23. The molecule has 0 aromatic heterocycles. The van der Waals surface area contributed by atoms with Gasteiger partial charge >= 0.3 is 0 Å². The van der Waals surface area contributed by atoms with Gasteiger partial charge in [0.2, 0.25) is 0 Å². The third-order valence-corrected chi connectivity index (χ3v) is 4.16. The number of hydrogen-bond acceptors (Lipinski definition) is 2. The molecule has 0 bridgehead atoms. The summed E-state index contributed by atoms with van der Waals surface area (Å²) in [5.41, 5.74) is 0.678. The number of nitrogens with zero attached hydrogens (tertiary/aromatic N) is 2. The van der Waals surface area contributed by atoms with Gasteiger partial charge in [0.05, 0.1) is 6.54 Å². The van der Waals surface area contributed by atoms with Gasteiger partial charge < -0.3 is 0 Å². The highest BCUT2D eigenvalue weighted by atomic mass is 32.2. The molecule has 98 valence electrons. The van der Waals surface area contributed by atoms with Crippen molar-refractivity contribution < 1.29 is 12.8 Å². The van der Waals surface area contributed by atoms with Gasteiger partial charge in [-0.3, -0.25) is 0 Å². The minimum absolute atomic E-state index is 0.0299. The van der Waals surface area contributed by atoms with Crippen LogP contribution in [-0.4, -0.2) is 37.7 Å². The molecule has 0 radical (unpaired) electrons. The Morgan fingerprint density at radius 3 is 2.28 bits per heavy atom. The summed E-state index contributed by atoms with van der Waals surface area (Å²) in [7, 11) is -0.711. The molecule has 0 N–H and O–H groups in total. The summed E-state index contributed by atoms with van der Waals surface area (Å²) in [6, 6.07) is 5.63. The molecule has 0 spiro atoms. The molecule has 18 heavy (non-hydrogen) atoms. The molecule has 0 unspecified atom stereocenters. The molecule has 1 aromatic carbocycles. The Balaban J connectivity index is 2.95. The summed E-state index contributed by atoms with van der Waals surface area (Å²) in [6.45, 7) is 0.0862. The van der Waals surface area contributed by atoms with Crippen molar-refractivity contribution in [1.82, 2.24) is 8.61 Å². The SMILES string of the molecule is C#CCN(Cc1ccc(F)cc1)S(=O)(=O)N(C)C. The predicted molar refractivity (Wildman–Crippen MR) is 68.2 cm³/mol. The average molecular weight is 270 g/mol. The van der Waals surface area contributed by atoms with Gasteiger partial charge in [-0.05, 0) is 17.7 Å². The van der Waals surface area contributed by atoms with Crippen molar-refractivity contribution >= 4 is 10.2 Å². The molecule has 6 heteroatoms. The third kappa shape index (κ3) is 3.53. The molecule has 0 aliphatic heterocycles. The fraction of sp³-hybridized carbons (Fsp3) is 0.333. The third-order valence-electron chi connectivity index (χ3n) is 2.33. The summed E-state index contributed by atoms with van der Waals surface area (Å²) in [4.78, 5) is 0. The first-order chi connectivity index (χ1) is 8.37. The maximum Gasteiger partial charge on any atom is 0.282 e. The lowest BCUT2D eigenvalue weighted by molar-refractivity contribution is 0.396. The molecular weight excluding hydrogens is 255 g/mol. The first-order valence-corrected chi connectivity index (χ1v) is 6.63. The van der Waals surface area contributed by atoms with Crippen LogP contribution in [0.5, 0.6) is 0 Å². The Morgan fingerprint density at radius 2 is 1.83 bits per heavy atom. The summed E-state index contributed by atoms with van der Waals surface area (Å²) < 4.78 is 39.0. The van der Waals surface area contributed by atoms with E-state index in [2.05, 4.69) is 5.92 Å². The van der Waals surface area contributed by atoms with Crippen LogP contribution in [0.15, 0.2) is 24.3 Å². The van der Waals surface area contributed by atoms with Crippen LogP contribution >= 0.6 is 0 Å². The summed E-state index contributed by atoms with van der Waals surface area (Å²) in [5, 5.41) is 0. The van der Waals surface area contributed by atoms with Crippen molar-refractivity contribution in [3.05, 3.63) is 35.6 Å². The van der Waals surface area contributed by atoms with E-state index in [9.17, 15) is 12.8 Å². The van der Waals surface area contributed by atoms with E-state index in [-0.39, 0.29) is 18.9 Å². The molecule has 1 aromatic rings. The van der Waals surface area contributed by atoms with Gasteiger partial charge in [-0.2, -0.15) is 17.0 Å². The second-order valence-corrected chi connectivity index (χ2v) is 6.03. The topological polar surface area (TPSA) is 40.6 Å². The Morgan fingerprint density at radius 1 is 1.28 bits per heavy atom. The van der Waals surface area contributed by atoms with Gasteiger partial charge in [0, 0.05) is 20.6 Å². The van der Waals surface area contributed by atoms with Crippen LogP contribution < -0.4 is 0 Å². The lowest BCUT2D eigenvalue weighted by Crippen LogP contribution is -2.39. The zero-order chi connectivity index (χ0) is 13.8. The second kappa shape index (κ2) is 5.96. The van der Waals surface area contributed by atoms with Crippen LogP contribution in [0, 0.1) is 18.2 Å². The summed E-state index contributed by atoms with van der Waals surface area (Å²) >= 11 is 0. The van der Waals surface area contributed by atoms with Crippen molar-refractivity contribution in [3.63, 3.8) is 0 Å². The number of rotatable bonds is 5. The molecule has 1 rings (SSSR count). The van der Waals surface area contributed by atoms with E-state index in [0.717, 1.165) is 8.61 Å². The normalized spacial score (nSPS) is 11.8. The van der Waals surface area contributed by atoms with Crippen molar-refractivity contribution in [1.29, 1.82) is 0 Å². The highest BCUT2D eigenvalue weighted by Gasteiger charge is 2.23. The van der Waals surface area contributed by atoms with E-state index >= 15 is 0 Å². The number of terminal acetylenes is 1. The largest absolute Gasteiger partial charge is 0.282 e. The summed E-state index contributed by atoms with van der Waals surface area (Å²) in [6.07, 6.45) is 5.17. The van der Waals surface area contributed by atoms with E-state index in [0.29, 0.717) is 5.56 Å². The number of hydrogen-bond donors (Lipinski definition) is 0. The van der Waals surface area contributed by atoms with Gasteiger partial charge in [0.25, 0.3) is 10.2 Å². The van der Waals surface area contributed by atoms with E-state index < -0.39 is 10.2 Å². The molecule has 0 atom stereocenters. The smallest absolute Gasteiger partial charge is 0.207 e. The van der Waals surface area contributed by atoms with E-state index in [1.807, 2.05) is 0 Å². The maximum absolute atomic E-state index is 12.8. The zero-order valence-corrected chi connectivity index (χ0v) is 11.1. The molecule has 0 aliphatic carbocycles. The lowest BCUT2D eigenvalue weighted by atomic mass is 10.2. The number of halogens is 1. The van der Waals surface area contributed by atoms with Crippen molar-refractivity contribution in [3.8, 4) is 12.3 Å². The quantitative estimate of drug-likeness (QED) is 0.751. The Kier molecular flexibility index (Phi) is 4.84. The van der Waals surface area contributed by atoms with E-state index in [1.54, 1.807) is 0 Å². The van der Waals surface area contributed by atoms with Crippen LogP contribution in [-0.2, 0) is 16.8 Å². The van der Waals surface area contributed by atoms with Crippen molar-refractivity contribution in [2.45, 2.75) is 6.54 Å². The van der Waals surface area contributed by atoms with Crippen LogP contribution in [0.4, 0.5) is 4.39 Å². The highest BCUT2D eigenvalue weighted by Crippen LogP contribution is 2.11. The van der Waals surface area contributed by atoms with Gasteiger partial charge in [0.15, 0.2) is 0 Å². The Bertz CT molecular complexity index is 532. The van der Waals surface area contributed by atoms with Gasteiger partial charge in [0.1, 0.15) is 5.82 Å². The average Bonchev–Trinajstić information content (AvgIpc) is 2.31. The van der Waals surface area contributed by atoms with Gasteiger partial charge in [-0.1, -0.05) is 18.1 Å². The van der Waals surface area contributed by atoms with Crippen molar-refractivity contribution in [2.75, 3.05) is 20.6 Å². The molecule has 0 saturated carbocycles. The van der Waals surface area contributed by atoms with Crippen molar-refractivity contribution in [2.24, 2.45) is 0 Å². The molecule has 0 saturated heterocycles. The minimum atomic E-state index is -3.58. The molecule has 4 nitrogen and oxygen atoms in total. The van der Waals surface area contributed by atoms with E-state index in [4.69, 9.17) is 6.42 Å². The minimum Gasteiger partial charge on any atom is -0.207 e. The van der Waals surface area contributed by atoms with Crippen LogP contribution in [0.2, 0.25) is 0 Å². The van der Waals surface area contributed by atoms with Gasteiger partial charge in [-0.25, -0.2) is 4.39 Å².